The second-order valence-corrected chi connectivity index (χ2v) is 7.61. The van der Waals surface area contributed by atoms with Crippen LogP contribution in [0.3, 0.4) is 0 Å². The van der Waals surface area contributed by atoms with Crippen molar-refractivity contribution in [1.82, 2.24) is 15.5 Å². The van der Waals surface area contributed by atoms with E-state index in [1.54, 1.807) is 19.2 Å². The van der Waals surface area contributed by atoms with E-state index in [1.807, 2.05) is 31.7 Å². The number of ether oxygens (including phenoxy) is 2. The Bertz CT molecular complexity index is 832. The van der Waals surface area contributed by atoms with Gasteiger partial charge in [0.05, 0.1) is 13.2 Å². The van der Waals surface area contributed by atoms with E-state index in [1.165, 1.54) is 6.92 Å². The number of carbonyl (C=O) groups excluding carboxylic acids is 2. The van der Waals surface area contributed by atoms with Crippen molar-refractivity contribution in [2.75, 3.05) is 26.8 Å². The summed E-state index contributed by atoms with van der Waals surface area (Å²) in [6.07, 6.45) is 1.81. The average Bonchev–Trinajstić information content (AvgIpc) is 2.70. The van der Waals surface area contributed by atoms with Crippen LogP contribution in [0.5, 0.6) is 11.5 Å². The maximum absolute atomic E-state index is 12.5. The van der Waals surface area contributed by atoms with Crippen LogP contribution in [0.2, 0.25) is 0 Å². The predicted octanol–water partition coefficient (Wildman–Crippen LogP) is 3.10. The highest BCUT2D eigenvalue weighted by Gasteiger charge is 2.28. The largest absolute Gasteiger partial charge is 0.493 e. The summed E-state index contributed by atoms with van der Waals surface area (Å²) >= 11 is 5.26. The zero-order valence-corrected chi connectivity index (χ0v) is 19.1. The third-order valence-electron chi connectivity index (χ3n) is 4.86. The lowest BCUT2D eigenvalue weighted by Crippen LogP contribution is -2.44. The molecule has 1 aliphatic heterocycles. The van der Waals surface area contributed by atoms with Crippen LogP contribution in [0.15, 0.2) is 29.5 Å². The van der Waals surface area contributed by atoms with Gasteiger partial charge in [-0.1, -0.05) is 19.9 Å². The molecule has 0 aromatic heterocycles. The number of amides is 1. The first-order valence-corrected chi connectivity index (χ1v) is 10.6. The minimum absolute atomic E-state index is 0.0446. The molecular weight excluding hydrogens is 402 g/mol. The number of rotatable bonds is 10. The standard InChI is InChI=1S/C22H31N3O4S/c1-6-10-25(11-7-2)19(27)13-29-17-9-8-16(12-18(17)28-5)21-20(15(4)26)14(3)23-22(30)24-21/h8-9,12,21H,6-7,10-11,13H2,1-5H3,(H2,23,24,30). The van der Waals surface area contributed by atoms with E-state index in [4.69, 9.17) is 21.7 Å². The van der Waals surface area contributed by atoms with Crippen LogP contribution in [-0.4, -0.2) is 48.5 Å². The normalized spacial score (nSPS) is 15.9. The molecule has 0 bridgehead atoms. The van der Waals surface area contributed by atoms with Gasteiger partial charge in [0, 0.05) is 24.4 Å². The quantitative estimate of drug-likeness (QED) is 0.549. The van der Waals surface area contributed by atoms with Crippen LogP contribution >= 0.6 is 12.2 Å². The summed E-state index contributed by atoms with van der Waals surface area (Å²) < 4.78 is 11.3. The lowest BCUT2D eigenvalue weighted by Gasteiger charge is -2.30. The van der Waals surface area contributed by atoms with Gasteiger partial charge in [0.15, 0.2) is 29.0 Å². The molecule has 8 heteroatoms. The van der Waals surface area contributed by atoms with E-state index in [0.717, 1.165) is 24.1 Å². The van der Waals surface area contributed by atoms with Gasteiger partial charge in [-0.2, -0.15) is 0 Å². The van der Waals surface area contributed by atoms with Crippen LogP contribution in [0.1, 0.15) is 52.1 Å². The molecule has 2 rings (SSSR count). The number of carbonyl (C=O) groups is 2. The van der Waals surface area contributed by atoms with Crippen LogP contribution in [0.4, 0.5) is 0 Å². The Hall–Kier alpha value is -2.61. The average molecular weight is 434 g/mol. The Morgan fingerprint density at radius 3 is 2.40 bits per heavy atom. The summed E-state index contributed by atoms with van der Waals surface area (Å²) in [5.41, 5.74) is 2.16. The molecule has 0 radical (unpaired) electrons. The molecule has 0 fully saturated rings. The Kier molecular flexibility index (Phi) is 8.65. The number of methoxy groups -OCH3 is 1. The molecular formula is C22H31N3O4S. The molecule has 1 amide bonds. The van der Waals surface area contributed by atoms with Gasteiger partial charge in [-0.25, -0.2) is 0 Å². The first-order chi connectivity index (χ1) is 14.3. The lowest BCUT2D eigenvalue weighted by molar-refractivity contribution is -0.133. The van der Waals surface area contributed by atoms with Gasteiger partial charge in [0.25, 0.3) is 5.91 Å². The van der Waals surface area contributed by atoms with Crippen molar-refractivity contribution in [1.29, 1.82) is 0 Å². The molecule has 1 aromatic rings. The Balaban J connectivity index is 2.22. The van der Waals surface area contributed by atoms with Crippen LogP contribution in [0, 0.1) is 0 Å². The third kappa shape index (κ3) is 5.72. The number of nitrogens with zero attached hydrogens (tertiary/aromatic N) is 1. The maximum Gasteiger partial charge on any atom is 0.260 e. The Morgan fingerprint density at radius 2 is 1.83 bits per heavy atom. The highest BCUT2D eigenvalue weighted by atomic mass is 32.1. The summed E-state index contributed by atoms with van der Waals surface area (Å²) in [5, 5.41) is 6.60. The second-order valence-electron chi connectivity index (χ2n) is 7.21. The van der Waals surface area contributed by atoms with E-state index in [0.29, 0.717) is 35.3 Å². The van der Waals surface area contributed by atoms with Crippen molar-refractivity contribution in [2.45, 2.75) is 46.6 Å². The predicted molar refractivity (Wildman–Crippen MR) is 121 cm³/mol. The van der Waals surface area contributed by atoms with Crippen LogP contribution < -0.4 is 20.1 Å². The van der Waals surface area contributed by atoms with Gasteiger partial charge in [-0.05, 0) is 56.6 Å². The van der Waals surface area contributed by atoms with Crippen LogP contribution in [-0.2, 0) is 9.59 Å². The molecule has 2 N–H and O–H groups in total. The SMILES string of the molecule is CCCN(CCC)C(=O)COc1ccc(C2NC(=S)NC(C)=C2C(C)=O)cc1OC. The van der Waals surface area contributed by atoms with Gasteiger partial charge < -0.3 is 25.0 Å². The molecule has 7 nitrogen and oxygen atoms in total. The smallest absolute Gasteiger partial charge is 0.260 e. The lowest BCUT2D eigenvalue weighted by atomic mass is 9.93. The molecule has 0 spiro atoms. The second kappa shape index (κ2) is 11.0. The van der Waals surface area contributed by atoms with Gasteiger partial charge in [-0.15, -0.1) is 0 Å². The van der Waals surface area contributed by atoms with Crippen molar-refractivity contribution in [3.8, 4) is 11.5 Å². The van der Waals surface area contributed by atoms with E-state index in [9.17, 15) is 9.59 Å². The number of nitrogens with one attached hydrogen (secondary N) is 2. The molecule has 1 aromatic carbocycles. The number of hydrogen-bond acceptors (Lipinski definition) is 5. The molecule has 0 aliphatic carbocycles. The van der Waals surface area contributed by atoms with Crippen molar-refractivity contribution >= 4 is 29.0 Å². The molecule has 164 valence electrons. The number of Topliss-reactive ketones (excluding diaryl/α,β-unsaturated/α-hetero) is 1. The topological polar surface area (TPSA) is 79.9 Å². The molecule has 0 saturated heterocycles. The zero-order chi connectivity index (χ0) is 22.3. The molecule has 1 atom stereocenters. The summed E-state index contributed by atoms with van der Waals surface area (Å²) in [4.78, 5) is 26.5. The summed E-state index contributed by atoms with van der Waals surface area (Å²) in [6.45, 7) is 8.83. The van der Waals surface area contributed by atoms with E-state index in [-0.39, 0.29) is 24.3 Å². The highest BCUT2D eigenvalue weighted by molar-refractivity contribution is 7.80. The van der Waals surface area contributed by atoms with Gasteiger partial charge in [0.1, 0.15) is 0 Å². The molecule has 1 unspecified atom stereocenters. The van der Waals surface area contributed by atoms with Crippen molar-refractivity contribution in [3.63, 3.8) is 0 Å². The summed E-state index contributed by atoms with van der Waals surface area (Å²) in [7, 11) is 1.54. The van der Waals surface area contributed by atoms with Gasteiger partial charge in [-0.3, -0.25) is 9.59 Å². The minimum Gasteiger partial charge on any atom is -0.493 e. The Morgan fingerprint density at radius 1 is 1.17 bits per heavy atom. The summed E-state index contributed by atoms with van der Waals surface area (Å²) in [5.74, 6) is 0.873. The molecule has 30 heavy (non-hydrogen) atoms. The highest BCUT2D eigenvalue weighted by Crippen LogP contribution is 2.34. The number of benzene rings is 1. The van der Waals surface area contributed by atoms with E-state index < -0.39 is 0 Å². The fraction of sp³-hybridized carbons (Fsp3) is 0.500. The van der Waals surface area contributed by atoms with E-state index >= 15 is 0 Å². The number of allylic oxidation sites excluding steroid dienone is 1. The minimum atomic E-state index is -0.384. The van der Waals surface area contributed by atoms with Crippen molar-refractivity contribution < 1.29 is 19.1 Å². The maximum atomic E-state index is 12.5. The van der Waals surface area contributed by atoms with Gasteiger partial charge >= 0.3 is 0 Å². The monoisotopic (exact) mass is 433 g/mol. The van der Waals surface area contributed by atoms with Gasteiger partial charge in [0.2, 0.25) is 0 Å². The fourth-order valence-electron chi connectivity index (χ4n) is 3.53. The molecule has 0 saturated carbocycles. The number of hydrogen-bond donors (Lipinski definition) is 2. The third-order valence-corrected chi connectivity index (χ3v) is 5.08. The number of ketones is 1. The van der Waals surface area contributed by atoms with Crippen LogP contribution in [0.25, 0.3) is 0 Å². The first-order valence-electron chi connectivity index (χ1n) is 10.2. The summed E-state index contributed by atoms with van der Waals surface area (Å²) in [6, 6.07) is 5.02. The van der Waals surface area contributed by atoms with E-state index in [2.05, 4.69) is 10.6 Å². The zero-order valence-electron chi connectivity index (χ0n) is 18.3. The van der Waals surface area contributed by atoms with Crippen molar-refractivity contribution in [2.24, 2.45) is 0 Å². The molecule has 1 heterocycles. The number of thiocarbonyl (C=S) groups is 1. The fourth-order valence-corrected chi connectivity index (χ4v) is 3.80. The first kappa shape index (κ1) is 23.7. The van der Waals surface area contributed by atoms with Crippen molar-refractivity contribution in [3.05, 3.63) is 35.0 Å². The molecule has 1 aliphatic rings. The Labute approximate surface area is 183 Å².